The number of aromatic nitrogens is 2. The van der Waals surface area contributed by atoms with E-state index in [1.165, 1.54) is 12.1 Å². The summed E-state index contributed by atoms with van der Waals surface area (Å²) in [5.74, 6) is -0.120. The van der Waals surface area contributed by atoms with Crippen molar-refractivity contribution in [1.29, 1.82) is 0 Å². The van der Waals surface area contributed by atoms with Crippen molar-refractivity contribution in [2.75, 3.05) is 13.2 Å². The zero-order chi connectivity index (χ0) is 17.6. The largest absolute Gasteiger partial charge is 0.492 e. The molecule has 0 spiro atoms. The predicted octanol–water partition coefficient (Wildman–Crippen LogP) is 3.58. The molecule has 0 unspecified atom stereocenters. The molecule has 0 aliphatic carbocycles. The predicted molar refractivity (Wildman–Crippen MR) is 95.5 cm³/mol. The van der Waals surface area contributed by atoms with Gasteiger partial charge in [-0.15, -0.1) is 0 Å². The third-order valence-corrected chi connectivity index (χ3v) is 3.81. The Morgan fingerprint density at radius 1 is 1.24 bits per heavy atom. The van der Waals surface area contributed by atoms with Gasteiger partial charge in [0.1, 0.15) is 18.2 Å². The van der Waals surface area contributed by atoms with Crippen molar-refractivity contribution >= 4 is 21.8 Å². The van der Waals surface area contributed by atoms with Crippen molar-refractivity contribution in [3.05, 3.63) is 76.8 Å². The Hall–Kier alpha value is -2.67. The number of nitrogens with zero attached hydrogens (tertiary/aromatic N) is 2. The molecule has 3 aromatic rings. The highest BCUT2D eigenvalue weighted by molar-refractivity contribution is 9.10. The van der Waals surface area contributed by atoms with Crippen LogP contribution in [0.3, 0.4) is 0 Å². The van der Waals surface area contributed by atoms with Gasteiger partial charge in [0.25, 0.3) is 5.91 Å². The zero-order valence-corrected chi connectivity index (χ0v) is 14.7. The molecule has 0 radical (unpaired) electrons. The number of benzene rings is 2. The van der Waals surface area contributed by atoms with Gasteiger partial charge in [-0.1, -0.05) is 6.07 Å². The van der Waals surface area contributed by atoms with Gasteiger partial charge in [-0.3, -0.25) is 4.79 Å². The van der Waals surface area contributed by atoms with Crippen molar-refractivity contribution in [2.24, 2.45) is 0 Å². The first kappa shape index (κ1) is 17.2. The van der Waals surface area contributed by atoms with Crippen LogP contribution in [0.1, 0.15) is 10.4 Å². The molecule has 7 heteroatoms. The zero-order valence-electron chi connectivity index (χ0n) is 13.2. The molecule has 1 aromatic heterocycles. The molecule has 0 saturated carbocycles. The fourth-order valence-electron chi connectivity index (χ4n) is 2.20. The summed E-state index contributed by atoms with van der Waals surface area (Å²) >= 11 is 3.34. The maximum absolute atomic E-state index is 13.0. The van der Waals surface area contributed by atoms with E-state index >= 15 is 0 Å². The van der Waals surface area contributed by atoms with E-state index in [0.29, 0.717) is 17.9 Å². The molecule has 2 aromatic carbocycles. The maximum atomic E-state index is 13.0. The van der Waals surface area contributed by atoms with Crippen LogP contribution < -0.4 is 10.1 Å². The molecule has 128 valence electrons. The normalized spacial score (nSPS) is 10.5. The van der Waals surface area contributed by atoms with E-state index in [9.17, 15) is 9.18 Å². The van der Waals surface area contributed by atoms with Gasteiger partial charge in [0.15, 0.2) is 0 Å². The van der Waals surface area contributed by atoms with Crippen LogP contribution >= 0.6 is 15.9 Å². The molecule has 1 N–H and O–H groups in total. The monoisotopic (exact) mass is 403 g/mol. The van der Waals surface area contributed by atoms with E-state index in [1.807, 2.05) is 18.3 Å². The average Bonchev–Trinajstić information content (AvgIpc) is 3.05. The second kappa shape index (κ2) is 7.94. The summed E-state index contributed by atoms with van der Waals surface area (Å²) < 4.78 is 21.0. The van der Waals surface area contributed by atoms with Crippen LogP contribution in [-0.2, 0) is 0 Å². The van der Waals surface area contributed by atoms with Gasteiger partial charge in [0.2, 0.25) is 0 Å². The minimum atomic E-state index is -0.356. The van der Waals surface area contributed by atoms with Crippen LogP contribution in [0.25, 0.3) is 5.69 Å². The number of carbonyl (C=O) groups excluding carboxylic acids is 1. The van der Waals surface area contributed by atoms with Crippen molar-refractivity contribution in [3.63, 3.8) is 0 Å². The highest BCUT2D eigenvalue weighted by Crippen LogP contribution is 2.14. The summed E-state index contributed by atoms with van der Waals surface area (Å²) in [5.41, 5.74) is 1.40. The molecule has 0 atom stereocenters. The van der Waals surface area contributed by atoms with E-state index in [1.54, 1.807) is 35.1 Å². The topological polar surface area (TPSA) is 56.1 Å². The van der Waals surface area contributed by atoms with Crippen molar-refractivity contribution in [2.45, 2.75) is 0 Å². The molecule has 0 bridgehead atoms. The second-order valence-corrected chi connectivity index (χ2v) is 6.13. The second-order valence-electron chi connectivity index (χ2n) is 5.21. The summed E-state index contributed by atoms with van der Waals surface area (Å²) in [6.07, 6.45) is 3.53. The molecule has 0 fully saturated rings. The van der Waals surface area contributed by atoms with Gasteiger partial charge in [0.05, 0.1) is 22.9 Å². The molecule has 1 heterocycles. The minimum absolute atomic E-state index is 0.198. The fraction of sp³-hybridized carbons (Fsp3) is 0.111. The molecule has 25 heavy (non-hydrogen) atoms. The standard InChI is InChI=1S/C18H15BrFN3O2/c19-14-11-22-23(12-14)16-6-4-13(5-7-16)18(24)21-8-9-25-17-3-1-2-15(20)10-17/h1-7,10-12H,8-9H2,(H,21,24). The molecule has 0 saturated heterocycles. The van der Waals surface area contributed by atoms with E-state index in [2.05, 4.69) is 26.3 Å². The van der Waals surface area contributed by atoms with Gasteiger partial charge < -0.3 is 10.1 Å². The maximum Gasteiger partial charge on any atom is 0.251 e. The number of amides is 1. The SMILES string of the molecule is O=C(NCCOc1cccc(F)c1)c1ccc(-n2cc(Br)cn2)cc1. The quantitative estimate of drug-likeness (QED) is 0.639. The molecule has 5 nitrogen and oxygen atoms in total. The number of rotatable bonds is 6. The van der Waals surface area contributed by atoms with Crippen LogP contribution in [0.4, 0.5) is 4.39 Å². The lowest BCUT2D eigenvalue weighted by Crippen LogP contribution is -2.28. The van der Waals surface area contributed by atoms with Gasteiger partial charge in [-0.05, 0) is 52.3 Å². The third kappa shape index (κ3) is 4.67. The summed E-state index contributed by atoms with van der Waals surface area (Å²) in [6, 6.07) is 13.0. The fourth-order valence-corrected chi connectivity index (χ4v) is 2.49. The summed E-state index contributed by atoms with van der Waals surface area (Å²) in [5, 5.41) is 6.94. The first-order valence-electron chi connectivity index (χ1n) is 7.59. The first-order valence-corrected chi connectivity index (χ1v) is 8.38. The minimum Gasteiger partial charge on any atom is -0.492 e. The first-order chi connectivity index (χ1) is 12.1. The lowest BCUT2D eigenvalue weighted by Gasteiger charge is -2.08. The summed E-state index contributed by atoms with van der Waals surface area (Å²) in [7, 11) is 0. The van der Waals surface area contributed by atoms with Gasteiger partial charge in [-0.2, -0.15) is 5.10 Å². The lowest BCUT2D eigenvalue weighted by molar-refractivity contribution is 0.0947. The number of nitrogens with one attached hydrogen (secondary N) is 1. The molecular weight excluding hydrogens is 389 g/mol. The number of hydrogen-bond acceptors (Lipinski definition) is 3. The van der Waals surface area contributed by atoms with Crippen LogP contribution in [0, 0.1) is 5.82 Å². The Labute approximate surface area is 152 Å². The highest BCUT2D eigenvalue weighted by atomic mass is 79.9. The highest BCUT2D eigenvalue weighted by Gasteiger charge is 2.06. The number of halogens is 2. The molecule has 3 rings (SSSR count). The Kier molecular flexibility index (Phi) is 5.45. The summed E-state index contributed by atoms with van der Waals surface area (Å²) in [4.78, 5) is 12.1. The Morgan fingerprint density at radius 2 is 2.04 bits per heavy atom. The Bertz CT molecular complexity index is 865. The third-order valence-electron chi connectivity index (χ3n) is 3.40. The number of hydrogen-bond donors (Lipinski definition) is 1. The van der Waals surface area contributed by atoms with Gasteiger partial charge in [-0.25, -0.2) is 9.07 Å². The van der Waals surface area contributed by atoms with E-state index in [-0.39, 0.29) is 18.3 Å². The smallest absolute Gasteiger partial charge is 0.251 e. The van der Waals surface area contributed by atoms with Crippen molar-refractivity contribution in [1.82, 2.24) is 15.1 Å². The number of ether oxygens (including phenoxy) is 1. The van der Waals surface area contributed by atoms with Crippen LogP contribution in [-0.4, -0.2) is 28.8 Å². The van der Waals surface area contributed by atoms with E-state index < -0.39 is 0 Å². The van der Waals surface area contributed by atoms with Crippen LogP contribution in [0.5, 0.6) is 5.75 Å². The Morgan fingerprint density at radius 3 is 2.72 bits per heavy atom. The van der Waals surface area contributed by atoms with Gasteiger partial charge in [0, 0.05) is 17.8 Å². The van der Waals surface area contributed by atoms with Crippen molar-refractivity contribution in [3.8, 4) is 11.4 Å². The number of carbonyl (C=O) groups is 1. The van der Waals surface area contributed by atoms with E-state index in [0.717, 1.165) is 10.2 Å². The summed E-state index contributed by atoms with van der Waals surface area (Å²) in [6.45, 7) is 0.581. The average molecular weight is 404 g/mol. The van der Waals surface area contributed by atoms with Crippen LogP contribution in [0.2, 0.25) is 0 Å². The molecular formula is C18H15BrFN3O2. The molecule has 0 aliphatic heterocycles. The van der Waals surface area contributed by atoms with E-state index in [4.69, 9.17) is 4.74 Å². The van der Waals surface area contributed by atoms with Gasteiger partial charge >= 0.3 is 0 Å². The van der Waals surface area contributed by atoms with Crippen LogP contribution in [0.15, 0.2) is 65.4 Å². The Balaban J connectivity index is 1.49. The lowest BCUT2D eigenvalue weighted by atomic mass is 10.2. The molecule has 1 amide bonds. The molecule has 0 aliphatic rings. The van der Waals surface area contributed by atoms with Crippen molar-refractivity contribution < 1.29 is 13.9 Å².